The third-order valence-corrected chi connectivity index (χ3v) is 4.15. The van der Waals surface area contributed by atoms with Gasteiger partial charge in [0.25, 0.3) is 0 Å². The zero-order chi connectivity index (χ0) is 17.4. The van der Waals surface area contributed by atoms with Crippen molar-refractivity contribution in [1.29, 1.82) is 0 Å². The molecule has 0 saturated heterocycles. The van der Waals surface area contributed by atoms with Gasteiger partial charge in [-0.1, -0.05) is 23.7 Å². The summed E-state index contributed by atoms with van der Waals surface area (Å²) in [5.74, 6) is 1.01. The molecule has 2 rings (SSSR count). The minimum Gasteiger partial charge on any atom is -0.357 e. The number of nitrogens with one attached hydrogen (secondary N) is 1. The first-order chi connectivity index (χ1) is 11.6. The van der Waals surface area contributed by atoms with Crippen LogP contribution in [0.5, 0.6) is 0 Å². The Kier molecular flexibility index (Phi) is 7.07. The van der Waals surface area contributed by atoms with Gasteiger partial charge in [0.1, 0.15) is 5.82 Å². The van der Waals surface area contributed by atoms with Gasteiger partial charge < -0.3 is 10.2 Å². The van der Waals surface area contributed by atoms with Crippen molar-refractivity contribution in [2.75, 3.05) is 18.0 Å². The van der Waals surface area contributed by atoms with Gasteiger partial charge in [-0.3, -0.25) is 4.79 Å². The molecule has 0 aliphatic heterocycles. The summed E-state index contributed by atoms with van der Waals surface area (Å²) in [6.07, 6.45) is 2.98. The number of nitrogens with zero attached hydrogens (tertiary/aromatic N) is 2. The van der Waals surface area contributed by atoms with Crippen LogP contribution in [0.4, 0.5) is 5.82 Å². The second-order valence-electron chi connectivity index (χ2n) is 5.60. The highest BCUT2D eigenvalue weighted by atomic mass is 35.5. The van der Waals surface area contributed by atoms with E-state index in [4.69, 9.17) is 11.6 Å². The number of halogens is 1. The highest BCUT2D eigenvalue weighted by Gasteiger charge is 2.06. The fourth-order valence-corrected chi connectivity index (χ4v) is 2.74. The van der Waals surface area contributed by atoms with Gasteiger partial charge in [-0.2, -0.15) is 0 Å². The second kappa shape index (κ2) is 9.28. The largest absolute Gasteiger partial charge is 0.357 e. The summed E-state index contributed by atoms with van der Waals surface area (Å²) in [7, 11) is 0. The summed E-state index contributed by atoms with van der Waals surface area (Å²) in [5.41, 5.74) is 2.13. The first-order valence-electron chi connectivity index (χ1n) is 8.33. The van der Waals surface area contributed by atoms with E-state index in [2.05, 4.69) is 35.1 Å². The van der Waals surface area contributed by atoms with Gasteiger partial charge in [0.15, 0.2) is 0 Å². The van der Waals surface area contributed by atoms with Gasteiger partial charge in [-0.25, -0.2) is 4.98 Å². The zero-order valence-corrected chi connectivity index (χ0v) is 15.0. The number of pyridine rings is 1. The van der Waals surface area contributed by atoms with Gasteiger partial charge in [0.2, 0.25) is 5.91 Å². The number of benzene rings is 1. The van der Waals surface area contributed by atoms with Crippen LogP contribution in [0.1, 0.15) is 31.4 Å². The molecule has 24 heavy (non-hydrogen) atoms. The molecule has 1 amide bonds. The first-order valence-corrected chi connectivity index (χ1v) is 8.71. The number of rotatable bonds is 8. The lowest BCUT2D eigenvalue weighted by Crippen LogP contribution is -2.24. The van der Waals surface area contributed by atoms with E-state index < -0.39 is 0 Å². The molecular weight excluding hydrogens is 322 g/mol. The molecule has 4 nitrogen and oxygen atoms in total. The third-order valence-electron chi connectivity index (χ3n) is 3.92. The lowest BCUT2D eigenvalue weighted by molar-refractivity contribution is -0.121. The van der Waals surface area contributed by atoms with Crippen LogP contribution in [0, 0.1) is 0 Å². The van der Waals surface area contributed by atoms with Crippen LogP contribution in [-0.4, -0.2) is 24.0 Å². The lowest BCUT2D eigenvalue weighted by Gasteiger charge is -2.20. The maximum Gasteiger partial charge on any atom is 0.220 e. The van der Waals surface area contributed by atoms with Crippen LogP contribution in [0.3, 0.4) is 0 Å². The van der Waals surface area contributed by atoms with Gasteiger partial charge in [-0.15, -0.1) is 0 Å². The Morgan fingerprint density at radius 1 is 1.17 bits per heavy atom. The molecule has 0 aliphatic carbocycles. The molecule has 2 aromatic rings. The topological polar surface area (TPSA) is 45.2 Å². The number of aromatic nitrogens is 1. The Morgan fingerprint density at radius 2 is 1.96 bits per heavy atom. The van der Waals surface area contributed by atoms with Crippen LogP contribution in [-0.2, 0) is 17.8 Å². The molecule has 0 saturated carbocycles. The van der Waals surface area contributed by atoms with Gasteiger partial charge in [-0.05, 0) is 55.7 Å². The Balaban J connectivity index is 1.84. The first kappa shape index (κ1) is 18.3. The van der Waals surface area contributed by atoms with E-state index in [1.54, 1.807) is 0 Å². The van der Waals surface area contributed by atoms with Crippen LogP contribution in [0.25, 0.3) is 0 Å². The van der Waals surface area contributed by atoms with E-state index in [-0.39, 0.29) is 5.91 Å². The zero-order valence-electron chi connectivity index (χ0n) is 14.3. The predicted molar refractivity (Wildman–Crippen MR) is 99.4 cm³/mol. The molecule has 1 heterocycles. The van der Waals surface area contributed by atoms with Crippen LogP contribution < -0.4 is 10.2 Å². The normalized spacial score (nSPS) is 10.5. The smallest absolute Gasteiger partial charge is 0.220 e. The summed E-state index contributed by atoms with van der Waals surface area (Å²) in [6, 6.07) is 11.6. The Morgan fingerprint density at radius 3 is 2.67 bits per heavy atom. The lowest BCUT2D eigenvalue weighted by atomic mass is 10.1. The van der Waals surface area contributed by atoms with E-state index >= 15 is 0 Å². The average molecular weight is 346 g/mol. The highest BCUT2D eigenvalue weighted by molar-refractivity contribution is 6.30. The summed E-state index contributed by atoms with van der Waals surface area (Å²) in [5, 5.41) is 3.62. The van der Waals surface area contributed by atoms with E-state index in [1.807, 2.05) is 36.5 Å². The third kappa shape index (κ3) is 5.53. The van der Waals surface area contributed by atoms with Crippen molar-refractivity contribution in [1.82, 2.24) is 10.3 Å². The number of amides is 1. The van der Waals surface area contributed by atoms with Crippen molar-refractivity contribution in [3.63, 3.8) is 0 Å². The predicted octanol–water partition coefficient (Wildman–Crippen LogP) is 3.83. The fourth-order valence-electron chi connectivity index (χ4n) is 2.53. The van der Waals surface area contributed by atoms with Crippen molar-refractivity contribution < 1.29 is 4.79 Å². The maximum absolute atomic E-state index is 12.0. The molecule has 0 atom stereocenters. The van der Waals surface area contributed by atoms with Gasteiger partial charge in [0, 0.05) is 37.3 Å². The molecule has 0 unspecified atom stereocenters. The molecule has 0 fully saturated rings. The fraction of sp³-hybridized carbons (Fsp3) is 0.368. The second-order valence-corrected chi connectivity index (χ2v) is 6.04. The quantitative estimate of drug-likeness (QED) is 0.790. The number of carbonyl (C=O) groups excluding carboxylic acids is 1. The highest BCUT2D eigenvalue weighted by Crippen LogP contribution is 2.14. The molecule has 1 aromatic heterocycles. The summed E-state index contributed by atoms with van der Waals surface area (Å²) < 4.78 is 0. The number of hydrogen-bond donors (Lipinski definition) is 1. The van der Waals surface area contributed by atoms with E-state index in [0.717, 1.165) is 30.0 Å². The maximum atomic E-state index is 12.0. The summed E-state index contributed by atoms with van der Waals surface area (Å²) in [6.45, 7) is 6.57. The minimum absolute atomic E-state index is 0.0381. The monoisotopic (exact) mass is 345 g/mol. The van der Waals surface area contributed by atoms with Crippen molar-refractivity contribution in [3.8, 4) is 0 Å². The summed E-state index contributed by atoms with van der Waals surface area (Å²) in [4.78, 5) is 18.6. The number of anilines is 1. The molecule has 0 bridgehead atoms. The molecule has 128 valence electrons. The van der Waals surface area contributed by atoms with Gasteiger partial charge in [0.05, 0.1) is 0 Å². The molecule has 0 aliphatic rings. The number of carbonyl (C=O) groups is 1. The Bertz CT molecular complexity index is 671. The van der Waals surface area contributed by atoms with Crippen LogP contribution in [0.15, 0.2) is 42.6 Å². The van der Waals surface area contributed by atoms with Crippen molar-refractivity contribution in [3.05, 3.63) is 58.7 Å². The average Bonchev–Trinajstić information content (AvgIpc) is 2.60. The SMILES string of the molecule is CCN(CC)c1cc(CCC(=O)NCc2cccc(Cl)c2)ccn1. The van der Waals surface area contributed by atoms with Gasteiger partial charge >= 0.3 is 0 Å². The van der Waals surface area contributed by atoms with Crippen molar-refractivity contribution in [2.45, 2.75) is 33.2 Å². The van der Waals surface area contributed by atoms with Crippen molar-refractivity contribution >= 4 is 23.3 Å². The number of hydrogen-bond acceptors (Lipinski definition) is 3. The molecule has 0 radical (unpaired) electrons. The van der Waals surface area contributed by atoms with E-state index in [1.165, 1.54) is 0 Å². The standard InChI is InChI=1S/C19H24ClN3O/c1-3-23(4-2)18-13-15(10-11-21-18)8-9-19(24)22-14-16-6-5-7-17(20)12-16/h5-7,10-13H,3-4,8-9,14H2,1-2H3,(H,22,24). The molecular formula is C19H24ClN3O. The molecule has 1 N–H and O–H groups in total. The summed E-state index contributed by atoms with van der Waals surface area (Å²) >= 11 is 5.94. The Labute approximate surface area is 148 Å². The minimum atomic E-state index is 0.0381. The van der Waals surface area contributed by atoms with E-state index in [9.17, 15) is 4.79 Å². The molecule has 5 heteroatoms. The van der Waals surface area contributed by atoms with E-state index in [0.29, 0.717) is 24.4 Å². The van der Waals surface area contributed by atoms with Crippen molar-refractivity contribution in [2.24, 2.45) is 0 Å². The molecule has 0 spiro atoms. The number of aryl methyl sites for hydroxylation is 1. The Hall–Kier alpha value is -2.07. The van der Waals surface area contributed by atoms with Crippen LogP contribution >= 0.6 is 11.6 Å². The molecule has 1 aromatic carbocycles. The van der Waals surface area contributed by atoms with Crippen LogP contribution in [0.2, 0.25) is 5.02 Å².